The molecule has 3 aromatic carbocycles. The fraction of sp³-hybridized carbons (Fsp3) is 0.367. The number of ether oxygens (including phenoxy) is 2. The molecule has 1 aliphatic heterocycles. The SMILES string of the molecule is O=C1NCCOCCCCN(Cc2cccc(C(F)(F)F)c2)[C@@H](Cc2ccccc2)COc2ccccc21. The molecule has 3 aromatic rings. The van der Waals surface area contributed by atoms with Gasteiger partial charge in [-0.05, 0) is 55.1 Å². The summed E-state index contributed by atoms with van der Waals surface area (Å²) in [6, 6.07) is 22.4. The average Bonchev–Trinajstić information content (AvgIpc) is 2.92. The fourth-order valence-corrected chi connectivity index (χ4v) is 4.57. The summed E-state index contributed by atoms with van der Waals surface area (Å²) in [5.74, 6) is 0.234. The second-order valence-corrected chi connectivity index (χ2v) is 9.39. The third-order valence-corrected chi connectivity index (χ3v) is 6.55. The number of rotatable bonds is 4. The Bertz CT molecular complexity index is 1170. The van der Waals surface area contributed by atoms with E-state index in [1.807, 2.05) is 36.4 Å². The molecule has 0 bridgehead atoms. The minimum Gasteiger partial charge on any atom is -0.491 e. The third kappa shape index (κ3) is 8.07. The number of para-hydroxylation sites is 1. The van der Waals surface area contributed by atoms with E-state index in [1.54, 1.807) is 24.3 Å². The number of hydrogen-bond donors (Lipinski definition) is 1. The zero-order valence-corrected chi connectivity index (χ0v) is 21.3. The smallest absolute Gasteiger partial charge is 0.416 e. The Hall–Kier alpha value is -3.36. The fourth-order valence-electron chi connectivity index (χ4n) is 4.57. The van der Waals surface area contributed by atoms with Gasteiger partial charge in [-0.15, -0.1) is 0 Å². The zero-order chi connectivity index (χ0) is 26.8. The highest BCUT2D eigenvalue weighted by Gasteiger charge is 2.31. The van der Waals surface area contributed by atoms with Crippen LogP contribution >= 0.6 is 0 Å². The Morgan fingerprint density at radius 3 is 2.47 bits per heavy atom. The number of fused-ring (bicyclic) bond motifs is 1. The van der Waals surface area contributed by atoms with Crippen molar-refractivity contribution < 1.29 is 27.4 Å². The molecule has 0 spiro atoms. The average molecular weight is 527 g/mol. The quantitative estimate of drug-likeness (QED) is 0.471. The summed E-state index contributed by atoms with van der Waals surface area (Å²) < 4.78 is 52.2. The number of amides is 1. The van der Waals surface area contributed by atoms with E-state index in [2.05, 4.69) is 10.2 Å². The highest BCUT2D eigenvalue weighted by Crippen LogP contribution is 2.30. The number of hydrogen-bond acceptors (Lipinski definition) is 4. The summed E-state index contributed by atoms with van der Waals surface area (Å²) in [4.78, 5) is 15.0. The van der Waals surface area contributed by atoms with Gasteiger partial charge in [-0.1, -0.05) is 60.7 Å². The summed E-state index contributed by atoms with van der Waals surface area (Å²) in [5, 5.41) is 2.87. The lowest BCUT2D eigenvalue weighted by Gasteiger charge is -2.32. The summed E-state index contributed by atoms with van der Waals surface area (Å²) in [5.41, 5.74) is 1.47. The van der Waals surface area contributed by atoms with Gasteiger partial charge >= 0.3 is 6.18 Å². The van der Waals surface area contributed by atoms with Crippen molar-refractivity contribution in [3.63, 3.8) is 0 Å². The van der Waals surface area contributed by atoms with Gasteiger partial charge in [-0.25, -0.2) is 0 Å². The van der Waals surface area contributed by atoms with Crippen LogP contribution in [-0.4, -0.2) is 49.8 Å². The lowest BCUT2D eigenvalue weighted by atomic mass is 10.0. The molecule has 0 radical (unpaired) electrons. The van der Waals surface area contributed by atoms with E-state index < -0.39 is 11.7 Å². The van der Waals surface area contributed by atoms with Crippen molar-refractivity contribution >= 4 is 5.91 Å². The number of benzene rings is 3. The molecule has 1 atom stereocenters. The van der Waals surface area contributed by atoms with E-state index in [-0.39, 0.29) is 18.6 Å². The zero-order valence-electron chi connectivity index (χ0n) is 21.3. The summed E-state index contributed by atoms with van der Waals surface area (Å²) in [6.45, 7) is 2.62. The van der Waals surface area contributed by atoms with E-state index in [1.165, 1.54) is 12.1 Å². The van der Waals surface area contributed by atoms with Crippen molar-refractivity contribution in [1.82, 2.24) is 10.2 Å². The molecule has 0 aliphatic carbocycles. The van der Waals surface area contributed by atoms with Gasteiger partial charge in [-0.2, -0.15) is 13.2 Å². The molecular formula is C30H33F3N2O3. The van der Waals surface area contributed by atoms with E-state index >= 15 is 0 Å². The van der Waals surface area contributed by atoms with Crippen LogP contribution in [0.25, 0.3) is 0 Å². The molecule has 0 saturated heterocycles. The van der Waals surface area contributed by atoms with E-state index in [4.69, 9.17) is 9.47 Å². The van der Waals surface area contributed by atoms with Crippen molar-refractivity contribution in [2.45, 2.75) is 38.0 Å². The van der Waals surface area contributed by atoms with Gasteiger partial charge in [0.05, 0.1) is 17.7 Å². The standard InChI is InChI=1S/C30H33F3N2O3/c31-30(32,33)25-12-8-11-24(19-25)21-35-16-6-7-17-37-18-15-34-29(36)27-13-4-5-14-28(27)38-22-26(35)20-23-9-2-1-3-10-23/h1-5,8-14,19,26H,6-7,15-18,20-22H2,(H,34,36)/t26-/m0/s1. The minimum absolute atomic E-state index is 0.144. The third-order valence-electron chi connectivity index (χ3n) is 6.55. The van der Waals surface area contributed by atoms with Crippen LogP contribution in [0.5, 0.6) is 5.75 Å². The predicted octanol–water partition coefficient (Wildman–Crippen LogP) is 5.74. The van der Waals surface area contributed by atoms with Gasteiger partial charge in [-0.3, -0.25) is 9.69 Å². The van der Waals surface area contributed by atoms with Gasteiger partial charge in [0.1, 0.15) is 12.4 Å². The maximum Gasteiger partial charge on any atom is 0.416 e. The van der Waals surface area contributed by atoms with E-state index in [0.717, 1.165) is 24.5 Å². The van der Waals surface area contributed by atoms with E-state index in [9.17, 15) is 18.0 Å². The first kappa shape index (κ1) is 27.7. The van der Waals surface area contributed by atoms with Crippen molar-refractivity contribution in [1.29, 1.82) is 0 Å². The Morgan fingerprint density at radius 1 is 0.895 bits per heavy atom. The van der Waals surface area contributed by atoms with Crippen LogP contribution in [0.1, 0.15) is 39.9 Å². The van der Waals surface area contributed by atoms with Gasteiger partial charge in [0.2, 0.25) is 0 Å². The molecule has 0 saturated carbocycles. The molecule has 0 aromatic heterocycles. The Labute approximate surface area is 221 Å². The number of carbonyl (C=O) groups excluding carboxylic acids is 1. The molecule has 0 unspecified atom stereocenters. The molecule has 1 amide bonds. The Kier molecular flexibility index (Phi) is 9.79. The van der Waals surface area contributed by atoms with Crippen molar-refractivity contribution in [2.24, 2.45) is 0 Å². The van der Waals surface area contributed by atoms with Gasteiger partial charge in [0, 0.05) is 25.7 Å². The molecule has 0 fully saturated rings. The van der Waals surface area contributed by atoms with Crippen LogP contribution < -0.4 is 10.1 Å². The second kappa shape index (κ2) is 13.4. The molecule has 5 nitrogen and oxygen atoms in total. The highest BCUT2D eigenvalue weighted by molar-refractivity contribution is 5.96. The molecule has 38 heavy (non-hydrogen) atoms. The van der Waals surface area contributed by atoms with Crippen molar-refractivity contribution in [3.05, 3.63) is 101 Å². The predicted molar refractivity (Wildman–Crippen MR) is 140 cm³/mol. The van der Waals surface area contributed by atoms with Crippen LogP contribution in [-0.2, 0) is 23.9 Å². The number of halogens is 3. The maximum atomic E-state index is 13.4. The first-order chi connectivity index (χ1) is 18.4. The number of nitrogens with zero attached hydrogens (tertiary/aromatic N) is 1. The second-order valence-electron chi connectivity index (χ2n) is 9.39. The Balaban J connectivity index is 1.64. The minimum atomic E-state index is -4.40. The lowest BCUT2D eigenvalue weighted by Crippen LogP contribution is -2.41. The molecular weight excluding hydrogens is 493 g/mol. The first-order valence-electron chi connectivity index (χ1n) is 12.9. The van der Waals surface area contributed by atoms with Gasteiger partial charge in [0.25, 0.3) is 5.91 Å². The molecule has 4 rings (SSSR count). The van der Waals surface area contributed by atoms with Crippen LogP contribution in [0.3, 0.4) is 0 Å². The van der Waals surface area contributed by atoms with Gasteiger partial charge < -0.3 is 14.8 Å². The lowest BCUT2D eigenvalue weighted by molar-refractivity contribution is -0.137. The van der Waals surface area contributed by atoms with Crippen LogP contribution in [0, 0.1) is 0 Å². The molecule has 1 N–H and O–H groups in total. The van der Waals surface area contributed by atoms with Gasteiger partial charge in [0.15, 0.2) is 0 Å². The largest absolute Gasteiger partial charge is 0.491 e. The monoisotopic (exact) mass is 526 g/mol. The number of carbonyl (C=O) groups is 1. The number of alkyl halides is 3. The first-order valence-corrected chi connectivity index (χ1v) is 12.9. The highest BCUT2D eigenvalue weighted by atomic mass is 19.4. The maximum absolute atomic E-state index is 13.4. The summed E-state index contributed by atoms with van der Waals surface area (Å²) >= 11 is 0. The van der Waals surface area contributed by atoms with E-state index in [0.29, 0.717) is 56.1 Å². The molecule has 202 valence electrons. The Morgan fingerprint density at radius 2 is 1.66 bits per heavy atom. The summed E-state index contributed by atoms with van der Waals surface area (Å²) in [7, 11) is 0. The van der Waals surface area contributed by atoms with Crippen LogP contribution in [0.4, 0.5) is 13.2 Å². The van der Waals surface area contributed by atoms with Crippen LogP contribution in [0.15, 0.2) is 78.9 Å². The molecule has 1 aliphatic rings. The molecule has 1 heterocycles. The topological polar surface area (TPSA) is 50.8 Å². The van der Waals surface area contributed by atoms with Crippen molar-refractivity contribution in [2.75, 3.05) is 32.9 Å². The van der Waals surface area contributed by atoms with Crippen LogP contribution in [0.2, 0.25) is 0 Å². The summed E-state index contributed by atoms with van der Waals surface area (Å²) in [6.07, 6.45) is -2.15. The molecule has 8 heteroatoms. The number of nitrogens with one attached hydrogen (secondary N) is 1. The van der Waals surface area contributed by atoms with Crippen molar-refractivity contribution in [3.8, 4) is 5.75 Å². The normalized spacial score (nSPS) is 18.4.